The highest BCUT2D eigenvalue weighted by molar-refractivity contribution is 6.07. The summed E-state index contributed by atoms with van der Waals surface area (Å²) >= 11 is 0. The first kappa shape index (κ1) is 16.7. The zero-order chi connectivity index (χ0) is 17.7. The third-order valence-corrected chi connectivity index (χ3v) is 6.88. The minimum Gasteiger partial charge on any atom is -0.338 e. The van der Waals surface area contributed by atoms with Gasteiger partial charge in [-0.05, 0) is 62.7 Å². The molecule has 2 spiro atoms. The number of imide groups is 1. The van der Waals surface area contributed by atoms with Gasteiger partial charge >= 0.3 is 12.1 Å². The van der Waals surface area contributed by atoms with Crippen LogP contribution in [-0.2, 0) is 4.79 Å². The van der Waals surface area contributed by atoms with Gasteiger partial charge in [0.05, 0.1) is 0 Å². The molecule has 3 aliphatic carbocycles. The number of likely N-dealkylation sites (N-methyl/N-ethyl adjacent to an activating group) is 1. The second kappa shape index (κ2) is 5.88. The maximum Gasteiger partial charge on any atom is 0.324 e. The number of carbonyl (C=O) groups is 3. The van der Waals surface area contributed by atoms with Gasteiger partial charge in [0.1, 0.15) is 5.54 Å². The van der Waals surface area contributed by atoms with Gasteiger partial charge in [-0.1, -0.05) is 6.42 Å². The smallest absolute Gasteiger partial charge is 0.324 e. The molecule has 0 radical (unpaired) electrons. The lowest BCUT2D eigenvalue weighted by atomic mass is 9.51. The summed E-state index contributed by atoms with van der Waals surface area (Å²) in [6.07, 6.45) is 9.17. The van der Waals surface area contributed by atoms with Crippen LogP contribution in [0.1, 0.15) is 57.8 Å². The Morgan fingerprint density at radius 2 is 1.88 bits per heavy atom. The Labute approximate surface area is 148 Å². The molecule has 4 rings (SSSR count). The van der Waals surface area contributed by atoms with Crippen molar-refractivity contribution in [2.24, 2.45) is 11.3 Å². The number of nitrogens with one attached hydrogen (secondary N) is 3. The molecule has 0 aromatic heterocycles. The highest BCUT2D eigenvalue weighted by Crippen LogP contribution is 2.58. The topological polar surface area (TPSA) is 90.5 Å². The Hall–Kier alpha value is -1.79. The number of hydrogen-bond donors (Lipinski definition) is 3. The van der Waals surface area contributed by atoms with E-state index in [2.05, 4.69) is 16.0 Å². The fourth-order valence-corrected chi connectivity index (χ4v) is 5.12. The van der Waals surface area contributed by atoms with E-state index in [-0.39, 0.29) is 29.4 Å². The summed E-state index contributed by atoms with van der Waals surface area (Å²) in [5, 5.41) is 8.96. The molecule has 1 heterocycles. The summed E-state index contributed by atoms with van der Waals surface area (Å²) in [5.74, 6) is 0.586. The Morgan fingerprint density at radius 3 is 2.40 bits per heavy atom. The number of rotatable bonds is 3. The van der Waals surface area contributed by atoms with Gasteiger partial charge in [0.25, 0.3) is 5.91 Å². The van der Waals surface area contributed by atoms with Crippen molar-refractivity contribution in [2.45, 2.75) is 69.4 Å². The lowest BCUT2D eigenvalue weighted by Crippen LogP contribution is -2.63. The molecule has 0 aromatic carbocycles. The maximum absolute atomic E-state index is 12.3. The van der Waals surface area contributed by atoms with Crippen LogP contribution in [0.2, 0.25) is 0 Å². The average Bonchev–Trinajstić information content (AvgIpc) is 2.72. The number of hydrogen-bond acceptors (Lipinski definition) is 3. The lowest BCUT2D eigenvalue weighted by molar-refractivity contribution is -0.141. The van der Waals surface area contributed by atoms with Crippen molar-refractivity contribution < 1.29 is 14.4 Å². The highest BCUT2D eigenvalue weighted by Gasteiger charge is 2.64. The molecule has 1 aliphatic heterocycles. The van der Waals surface area contributed by atoms with Gasteiger partial charge in [0.2, 0.25) is 0 Å². The summed E-state index contributed by atoms with van der Waals surface area (Å²) in [4.78, 5) is 37.2. The molecule has 0 unspecified atom stereocenters. The molecule has 4 aliphatic rings. The molecule has 7 nitrogen and oxygen atoms in total. The monoisotopic (exact) mass is 348 g/mol. The molecule has 0 atom stereocenters. The predicted molar refractivity (Wildman–Crippen MR) is 91.8 cm³/mol. The predicted octanol–water partition coefficient (Wildman–Crippen LogP) is 1.73. The van der Waals surface area contributed by atoms with Gasteiger partial charge in [-0.15, -0.1) is 0 Å². The normalized spacial score (nSPS) is 37.6. The lowest BCUT2D eigenvalue weighted by Gasteiger charge is -2.55. The van der Waals surface area contributed by atoms with Gasteiger partial charge in [-0.3, -0.25) is 9.69 Å². The Morgan fingerprint density at radius 1 is 1.20 bits per heavy atom. The zero-order valence-corrected chi connectivity index (χ0v) is 14.9. The minimum absolute atomic E-state index is 0.0437. The van der Waals surface area contributed by atoms with Crippen LogP contribution in [0.4, 0.5) is 9.59 Å². The van der Waals surface area contributed by atoms with Crippen LogP contribution in [-0.4, -0.2) is 48.0 Å². The molecule has 4 fully saturated rings. The van der Waals surface area contributed by atoms with Crippen molar-refractivity contribution in [1.29, 1.82) is 0 Å². The molecule has 3 N–H and O–H groups in total. The first-order valence-electron chi connectivity index (χ1n) is 9.56. The standard InChI is InChI=1S/C18H28N4O3/c1-22-14(23)18(21-16(22)25)10-17(11-18)7-5-13(6-8-17)20-15(24)19-9-12-3-2-4-12/h12-13H,2-11H2,1H3,(H,21,25)(H2,19,20,24). The second-order valence-corrected chi connectivity index (χ2v) is 8.66. The van der Waals surface area contributed by atoms with Crippen molar-refractivity contribution in [1.82, 2.24) is 20.9 Å². The van der Waals surface area contributed by atoms with Gasteiger partial charge in [0.15, 0.2) is 0 Å². The molecule has 25 heavy (non-hydrogen) atoms. The van der Waals surface area contributed by atoms with Gasteiger partial charge in [-0.2, -0.15) is 0 Å². The summed E-state index contributed by atoms with van der Waals surface area (Å²) in [5.41, 5.74) is -0.485. The van der Waals surface area contributed by atoms with Crippen LogP contribution in [0.5, 0.6) is 0 Å². The number of urea groups is 2. The van der Waals surface area contributed by atoms with Gasteiger partial charge in [-0.25, -0.2) is 9.59 Å². The van der Waals surface area contributed by atoms with E-state index in [0.717, 1.165) is 45.1 Å². The van der Waals surface area contributed by atoms with Crippen LogP contribution in [0.15, 0.2) is 0 Å². The van der Waals surface area contributed by atoms with Crippen molar-refractivity contribution in [2.75, 3.05) is 13.6 Å². The van der Waals surface area contributed by atoms with Gasteiger partial charge < -0.3 is 16.0 Å². The third-order valence-electron chi connectivity index (χ3n) is 6.88. The third kappa shape index (κ3) is 2.87. The average molecular weight is 348 g/mol. The summed E-state index contributed by atoms with van der Waals surface area (Å²) in [7, 11) is 1.54. The zero-order valence-electron chi connectivity index (χ0n) is 14.9. The molecule has 0 bridgehead atoms. The van der Waals surface area contributed by atoms with E-state index in [1.807, 2.05) is 0 Å². The number of amides is 5. The van der Waals surface area contributed by atoms with Crippen molar-refractivity contribution in [3.05, 3.63) is 0 Å². The van der Waals surface area contributed by atoms with Crippen molar-refractivity contribution in [3.8, 4) is 0 Å². The first-order chi connectivity index (χ1) is 11.9. The molecule has 0 aromatic rings. The SMILES string of the molecule is CN1C(=O)NC2(CC3(CCC(NC(=O)NCC4CCC4)CC3)C2)C1=O. The molecule has 138 valence electrons. The van der Waals surface area contributed by atoms with Crippen molar-refractivity contribution in [3.63, 3.8) is 0 Å². The van der Waals surface area contributed by atoms with E-state index in [9.17, 15) is 14.4 Å². The largest absolute Gasteiger partial charge is 0.338 e. The fraction of sp³-hybridized carbons (Fsp3) is 0.833. The van der Waals surface area contributed by atoms with Crippen LogP contribution in [0.25, 0.3) is 0 Å². The van der Waals surface area contributed by atoms with Crippen LogP contribution < -0.4 is 16.0 Å². The second-order valence-electron chi connectivity index (χ2n) is 8.66. The van der Waals surface area contributed by atoms with E-state index in [0.29, 0.717) is 5.92 Å². The molecular formula is C18H28N4O3. The maximum atomic E-state index is 12.3. The molecular weight excluding hydrogens is 320 g/mol. The quantitative estimate of drug-likeness (QED) is 0.679. The van der Waals surface area contributed by atoms with E-state index in [1.54, 1.807) is 7.05 Å². The Bertz CT molecular complexity index is 585. The summed E-state index contributed by atoms with van der Waals surface area (Å²) < 4.78 is 0. The Kier molecular flexibility index (Phi) is 3.92. The minimum atomic E-state index is -0.647. The van der Waals surface area contributed by atoms with Crippen LogP contribution >= 0.6 is 0 Å². The fourth-order valence-electron chi connectivity index (χ4n) is 5.12. The summed E-state index contributed by atoms with van der Waals surface area (Å²) in [6.45, 7) is 0.792. The van der Waals surface area contributed by atoms with E-state index in [1.165, 1.54) is 24.2 Å². The molecule has 1 saturated heterocycles. The molecule has 7 heteroatoms. The number of nitrogens with zero attached hydrogens (tertiary/aromatic N) is 1. The summed E-state index contributed by atoms with van der Waals surface area (Å²) in [6, 6.07) is -0.101. The van der Waals surface area contributed by atoms with Crippen LogP contribution in [0, 0.1) is 11.3 Å². The molecule has 5 amide bonds. The Balaban J connectivity index is 1.22. The van der Waals surface area contributed by atoms with E-state index in [4.69, 9.17) is 0 Å². The van der Waals surface area contributed by atoms with Crippen LogP contribution in [0.3, 0.4) is 0 Å². The molecule has 3 saturated carbocycles. The van der Waals surface area contributed by atoms with E-state index >= 15 is 0 Å². The first-order valence-corrected chi connectivity index (χ1v) is 9.56. The van der Waals surface area contributed by atoms with E-state index < -0.39 is 5.54 Å². The number of carbonyl (C=O) groups excluding carboxylic acids is 3. The highest BCUT2D eigenvalue weighted by atomic mass is 16.2. The van der Waals surface area contributed by atoms with Crippen molar-refractivity contribution >= 4 is 18.0 Å². The van der Waals surface area contributed by atoms with Gasteiger partial charge in [0, 0.05) is 19.6 Å².